The Hall–Kier alpha value is -3.87. The third-order valence-electron chi connectivity index (χ3n) is 6.42. The smallest absolute Gasteiger partial charge is 0.326 e. The van der Waals surface area contributed by atoms with Crippen molar-refractivity contribution in [1.82, 2.24) is 19.8 Å². The number of nitrogens with one attached hydrogen (secondary N) is 1. The van der Waals surface area contributed by atoms with Crippen LogP contribution in [0.2, 0.25) is 0 Å². The zero-order valence-electron chi connectivity index (χ0n) is 19.7. The number of hydrogen-bond acceptors (Lipinski definition) is 4. The summed E-state index contributed by atoms with van der Waals surface area (Å²) in [4.78, 5) is 19.6. The van der Waals surface area contributed by atoms with Gasteiger partial charge in [-0.2, -0.15) is 5.26 Å². The van der Waals surface area contributed by atoms with E-state index in [4.69, 9.17) is 0 Å². The van der Waals surface area contributed by atoms with E-state index in [1.165, 1.54) is 12.1 Å². The second kappa shape index (κ2) is 10.6. The van der Waals surface area contributed by atoms with Crippen molar-refractivity contribution in [2.24, 2.45) is 0 Å². The number of benzene rings is 2. The van der Waals surface area contributed by atoms with Crippen molar-refractivity contribution in [2.45, 2.75) is 19.5 Å². The Morgan fingerprint density at radius 1 is 1.19 bits per heavy atom. The molecule has 4 aromatic rings. The number of fused-ring (bicyclic) bond motifs is 3. The van der Waals surface area contributed by atoms with Gasteiger partial charge in [0.05, 0.1) is 17.1 Å². The molecule has 6 nitrogen and oxygen atoms in total. The van der Waals surface area contributed by atoms with E-state index in [1.54, 1.807) is 22.9 Å². The highest BCUT2D eigenvalue weighted by atomic mass is 79.9. The van der Waals surface area contributed by atoms with Gasteiger partial charge in [-0.05, 0) is 69.5 Å². The molecule has 0 spiro atoms. The Balaban J connectivity index is 1.39. The maximum Gasteiger partial charge on any atom is 0.326 e. The van der Waals surface area contributed by atoms with Crippen molar-refractivity contribution in [2.75, 3.05) is 13.1 Å². The molecule has 1 aliphatic heterocycles. The van der Waals surface area contributed by atoms with Crippen molar-refractivity contribution in [1.29, 1.82) is 5.26 Å². The molecule has 2 aromatic carbocycles. The molecule has 0 saturated heterocycles. The number of aromatic nitrogens is 2. The molecule has 5 rings (SSSR count). The van der Waals surface area contributed by atoms with Gasteiger partial charge >= 0.3 is 6.03 Å². The molecule has 0 fully saturated rings. The van der Waals surface area contributed by atoms with Crippen LogP contribution in [0.5, 0.6) is 0 Å². The first-order valence-corrected chi connectivity index (χ1v) is 12.5. The molecule has 1 amide bonds. The van der Waals surface area contributed by atoms with Gasteiger partial charge in [0.25, 0.3) is 0 Å². The first kappa shape index (κ1) is 24.8. The van der Waals surface area contributed by atoms with E-state index in [9.17, 15) is 18.8 Å². The molecule has 0 bridgehead atoms. The Labute approximate surface area is 221 Å². The summed E-state index contributed by atoms with van der Waals surface area (Å²) in [7, 11) is 0. The van der Waals surface area contributed by atoms with Crippen LogP contribution < -0.4 is 5.32 Å². The van der Waals surface area contributed by atoms with Crippen molar-refractivity contribution >= 4 is 38.9 Å². The van der Waals surface area contributed by atoms with Crippen LogP contribution in [0, 0.1) is 23.0 Å². The van der Waals surface area contributed by atoms with Gasteiger partial charge in [0, 0.05) is 61.5 Å². The van der Waals surface area contributed by atoms with E-state index < -0.39 is 11.6 Å². The normalized spacial score (nSPS) is 13.6. The van der Waals surface area contributed by atoms with Crippen LogP contribution in [0.4, 0.5) is 13.6 Å². The maximum absolute atomic E-state index is 14.0. The molecule has 0 radical (unpaired) electrons. The van der Waals surface area contributed by atoms with Crippen LogP contribution in [-0.4, -0.2) is 33.6 Å². The molecular weight excluding hydrogens is 540 g/mol. The first-order chi connectivity index (χ1) is 17.9. The first-order valence-electron chi connectivity index (χ1n) is 11.7. The summed E-state index contributed by atoms with van der Waals surface area (Å²) in [6, 6.07) is 14.5. The summed E-state index contributed by atoms with van der Waals surface area (Å²) in [6.07, 6.45) is 5.81. The van der Waals surface area contributed by atoms with Gasteiger partial charge in [0.2, 0.25) is 0 Å². The van der Waals surface area contributed by atoms with Crippen molar-refractivity contribution in [3.05, 3.63) is 105 Å². The van der Waals surface area contributed by atoms with Crippen molar-refractivity contribution in [3.8, 4) is 6.07 Å². The number of hydrogen-bond donors (Lipinski definition) is 1. The third-order valence-corrected chi connectivity index (χ3v) is 6.85. The molecule has 1 N–H and O–H groups in total. The molecule has 0 aliphatic carbocycles. The number of rotatable bonds is 5. The number of halogens is 3. The molecular formula is C28H22BrF2N5O. The summed E-state index contributed by atoms with van der Waals surface area (Å²) < 4.78 is 29.5. The lowest BCUT2D eigenvalue weighted by atomic mass is 10.0. The van der Waals surface area contributed by atoms with Gasteiger partial charge < -0.3 is 5.32 Å². The van der Waals surface area contributed by atoms with Gasteiger partial charge in [-0.3, -0.25) is 9.47 Å². The number of carbonyl (C=O) groups is 1. The third kappa shape index (κ3) is 5.31. The topological polar surface area (TPSA) is 74.0 Å². The number of pyridine rings is 1. The Kier molecular flexibility index (Phi) is 7.12. The molecule has 0 unspecified atom stereocenters. The van der Waals surface area contributed by atoms with E-state index in [0.29, 0.717) is 48.3 Å². The molecule has 0 saturated carbocycles. The monoisotopic (exact) mass is 561 g/mol. The quantitative estimate of drug-likeness (QED) is 0.313. The summed E-state index contributed by atoms with van der Waals surface area (Å²) in [5, 5.41) is 13.3. The lowest BCUT2D eigenvalue weighted by Crippen LogP contribution is -2.34. The second-order valence-electron chi connectivity index (χ2n) is 8.80. The summed E-state index contributed by atoms with van der Waals surface area (Å²) >= 11 is 3.35. The minimum Gasteiger partial charge on any atom is -0.333 e. The van der Waals surface area contributed by atoms with Gasteiger partial charge in [-0.15, -0.1) is 0 Å². The molecule has 0 atom stereocenters. The fourth-order valence-electron chi connectivity index (χ4n) is 4.65. The predicted octanol–water partition coefficient (Wildman–Crippen LogP) is 5.78. The molecule has 1 aliphatic rings. The fourth-order valence-corrected chi connectivity index (χ4v) is 5.06. The Morgan fingerprint density at radius 3 is 2.84 bits per heavy atom. The molecule has 37 heavy (non-hydrogen) atoms. The minimum absolute atomic E-state index is 0.232. The molecule has 9 heteroatoms. The molecule has 186 valence electrons. The van der Waals surface area contributed by atoms with Crippen LogP contribution in [0.25, 0.3) is 17.0 Å². The van der Waals surface area contributed by atoms with E-state index in [1.807, 2.05) is 30.3 Å². The van der Waals surface area contributed by atoms with Crippen LogP contribution in [-0.2, 0) is 19.5 Å². The van der Waals surface area contributed by atoms with E-state index in [0.717, 1.165) is 33.8 Å². The van der Waals surface area contributed by atoms with Crippen LogP contribution >= 0.6 is 15.9 Å². The lowest BCUT2D eigenvalue weighted by molar-refractivity contribution is 0.240. The van der Waals surface area contributed by atoms with E-state index >= 15 is 0 Å². The van der Waals surface area contributed by atoms with Gasteiger partial charge in [-0.1, -0.05) is 12.2 Å². The maximum atomic E-state index is 14.0. The van der Waals surface area contributed by atoms with Gasteiger partial charge in [-0.25, -0.2) is 18.6 Å². The van der Waals surface area contributed by atoms with E-state index in [2.05, 4.69) is 37.2 Å². The van der Waals surface area contributed by atoms with Crippen molar-refractivity contribution < 1.29 is 13.6 Å². The van der Waals surface area contributed by atoms with E-state index in [-0.39, 0.29) is 6.03 Å². The number of nitriles is 1. The molecule has 3 heterocycles. The summed E-state index contributed by atoms with van der Waals surface area (Å²) in [5.41, 5.74) is 4.45. The number of carbonyl (C=O) groups excluding carboxylic acids is 1. The van der Waals surface area contributed by atoms with Crippen molar-refractivity contribution in [3.63, 3.8) is 0 Å². The highest BCUT2D eigenvalue weighted by Gasteiger charge is 2.26. The zero-order valence-corrected chi connectivity index (χ0v) is 21.3. The second-order valence-corrected chi connectivity index (χ2v) is 9.62. The highest BCUT2D eigenvalue weighted by Crippen LogP contribution is 2.32. The minimum atomic E-state index is -0.607. The number of nitrogens with zero attached hydrogens (tertiary/aromatic N) is 4. The van der Waals surface area contributed by atoms with Gasteiger partial charge in [0.1, 0.15) is 16.2 Å². The largest absolute Gasteiger partial charge is 0.333 e. The Bertz CT molecular complexity index is 1570. The fraction of sp³-hybridized carbons (Fsp3) is 0.179. The van der Waals surface area contributed by atoms with Crippen LogP contribution in [0.1, 0.15) is 27.9 Å². The van der Waals surface area contributed by atoms with Crippen LogP contribution in [0.15, 0.2) is 65.4 Å². The number of amides is 1. The summed E-state index contributed by atoms with van der Waals surface area (Å²) in [5.74, 6) is -1.21. The predicted molar refractivity (Wildman–Crippen MR) is 141 cm³/mol. The molecule has 2 aromatic heterocycles. The standard InChI is InChI=1S/C28H22BrF2N5O/c29-27-13-19(7-9-33-27)16-34-28(37)36-25-6-3-18(15-32)12-22(25)23-17-35(11-8-26(23)36)10-1-2-20-4-5-21(30)14-24(20)31/h1-7,9,12-14H,8,10-11,16-17H2,(H,34,37)/b2-1+. The Morgan fingerprint density at radius 2 is 2.05 bits per heavy atom. The van der Waals surface area contributed by atoms with Crippen LogP contribution in [0.3, 0.4) is 0 Å². The highest BCUT2D eigenvalue weighted by molar-refractivity contribution is 9.10. The average Bonchev–Trinajstić information content (AvgIpc) is 3.21. The average molecular weight is 562 g/mol. The lowest BCUT2D eigenvalue weighted by Gasteiger charge is -2.27. The summed E-state index contributed by atoms with van der Waals surface area (Å²) in [6.45, 7) is 2.19. The van der Waals surface area contributed by atoms with Gasteiger partial charge in [0.15, 0.2) is 0 Å². The zero-order chi connectivity index (χ0) is 25.9. The SMILES string of the molecule is N#Cc1ccc2c(c1)c1c(n2C(=O)NCc2ccnc(Br)c2)CCN(C/C=C/c2ccc(F)cc2F)C1.